The van der Waals surface area contributed by atoms with Crippen LogP contribution < -0.4 is 9.47 Å². The molecule has 1 aromatic carbocycles. The average molecular weight is 360 g/mol. The first kappa shape index (κ1) is 18.3. The van der Waals surface area contributed by atoms with Gasteiger partial charge in [0.25, 0.3) is 0 Å². The number of benzene rings is 1. The Morgan fingerprint density at radius 3 is 2.24 bits per heavy atom. The quantitative estimate of drug-likeness (QED) is 0.553. The molecule has 2 fully saturated rings. The van der Waals surface area contributed by atoms with Gasteiger partial charge < -0.3 is 9.47 Å². The molecule has 0 heterocycles. The van der Waals surface area contributed by atoms with E-state index in [1.807, 2.05) is 0 Å². The zero-order valence-electron chi connectivity index (χ0n) is 14.2. The van der Waals surface area contributed by atoms with Crippen LogP contribution in [0.25, 0.3) is 0 Å². The average Bonchev–Trinajstić information content (AvgIpc) is 3.00. The van der Waals surface area contributed by atoms with Crippen LogP contribution in [0, 0.1) is 17.7 Å². The Balaban J connectivity index is 1.71. The van der Waals surface area contributed by atoms with Crippen molar-refractivity contribution in [3.8, 4) is 11.5 Å². The molecule has 0 N–H and O–H groups in total. The minimum absolute atomic E-state index is 0.162. The molecule has 3 rings (SSSR count). The molecule has 0 aromatic heterocycles. The highest BCUT2D eigenvalue weighted by molar-refractivity contribution is 5.45. The summed E-state index contributed by atoms with van der Waals surface area (Å²) in [4.78, 5) is 0. The van der Waals surface area contributed by atoms with Gasteiger partial charge in [-0.05, 0) is 36.3 Å². The molecule has 0 unspecified atom stereocenters. The molecule has 0 saturated heterocycles. The van der Waals surface area contributed by atoms with E-state index in [1.54, 1.807) is 0 Å². The van der Waals surface area contributed by atoms with Crippen LogP contribution >= 0.6 is 0 Å². The molecule has 0 radical (unpaired) electrons. The van der Waals surface area contributed by atoms with Gasteiger partial charge in [-0.1, -0.05) is 51.0 Å². The summed E-state index contributed by atoms with van der Waals surface area (Å²) in [7, 11) is 0. The van der Waals surface area contributed by atoms with E-state index in [0.717, 1.165) is 38.5 Å². The predicted octanol–water partition coefficient (Wildman–Crippen LogP) is 6.03. The SMILES string of the molecule is Fc1c(CC2CCC2)ccc(OCCC2CCCC2)c1OC(F)(F)F. The molecule has 2 aliphatic rings. The van der Waals surface area contributed by atoms with Crippen molar-refractivity contribution in [1.29, 1.82) is 0 Å². The standard InChI is InChI=1S/C19H24F4O2/c20-17-15(12-14-6-3-7-14)8-9-16(18(17)25-19(21,22)23)24-11-10-13-4-1-2-5-13/h8-9,13-14H,1-7,10-12H2. The molecule has 1 aromatic rings. The Labute approximate surface area is 145 Å². The summed E-state index contributed by atoms with van der Waals surface area (Å²) in [5.74, 6) is -1.03. The minimum Gasteiger partial charge on any atom is -0.490 e. The molecule has 6 heteroatoms. The molecule has 0 amide bonds. The van der Waals surface area contributed by atoms with Crippen LogP contribution in [0.15, 0.2) is 12.1 Å². The van der Waals surface area contributed by atoms with Crippen molar-refractivity contribution in [3.05, 3.63) is 23.5 Å². The third-order valence-electron chi connectivity index (χ3n) is 5.35. The summed E-state index contributed by atoms with van der Waals surface area (Å²) < 4.78 is 62.1. The van der Waals surface area contributed by atoms with Crippen molar-refractivity contribution in [2.45, 2.75) is 64.1 Å². The van der Waals surface area contributed by atoms with Crippen molar-refractivity contribution < 1.29 is 27.0 Å². The lowest BCUT2D eigenvalue weighted by Crippen LogP contribution is -2.20. The van der Waals surface area contributed by atoms with E-state index in [9.17, 15) is 17.6 Å². The van der Waals surface area contributed by atoms with Crippen molar-refractivity contribution in [1.82, 2.24) is 0 Å². The lowest BCUT2D eigenvalue weighted by atomic mass is 9.81. The normalized spacial score (nSPS) is 19.0. The number of rotatable bonds is 7. The van der Waals surface area contributed by atoms with Gasteiger partial charge >= 0.3 is 6.36 Å². The first-order chi connectivity index (χ1) is 11.9. The topological polar surface area (TPSA) is 18.5 Å². The molecule has 2 aliphatic carbocycles. The highest BCUT2D eigenvalue weighted by atomic mass is 19.4. The fourth-order valence-corrected chi connectivity index (χ4v) is 3.70. The van der Waals surface area contributed by atoms with E-state index < -0.39 is 17.9 Å². The van der Waals surface area contributed by atoms with Gasteiger partial charge in [0.15, 0.2) is 11.6 Å². The first-order valence-corrected chi connectivity index (χ1v) is 9.12. The van der Waals surface area contributed by atoms with Gasteiger partial charge in [-0.25, -0.2) is 4.39 Å². The zero-order chi connectivity index (χ0) is 17.9. The molecule has 0 atom stereocenters. The van der Waals surface area contributed by atoms with Crippen LogP contribution in [0.3, 0.4) is 0 Å². The summed E-state index contributed by atoms with van der Waals surface area (Å²) in [6, 6.07) is 2.94. The number of hydrogen-bond acceptors (Lipinski definition) is 2. The first-order valence-electron chi connectivity index (χ1n) is 9.12. The molecule has 2 nitrogen and oxygen atoms in total. The Bertz CT molecular complexity index is 576. The molecule has 0 spiro atoms. The Kier molecular flexibility index (Phi) is 5.74. The smallest absolute Gasteiger partial charge is 0.490 e. The molecular weight excluding hydrogens is 336 g/mol. The Morgan fingerprint density at radius 2 is 1.64 bits per heavy atom. The fourth-order valence-electron chi connectivity index (χ4n) is 3.70. The summed E-state index contributed by atoms with van der Waals surface area (Å²) in [5.41, 5.74) is 0.270. The van der Waals surface area contributed by atoms with Crippen LogP contribution in [0.2, 0.25) is 0 Å². The maximum absolute atomic E-state index is 14.6. The van der Waals surface area contributed by atoms with Crippen LogP contribution in [-0.4, -0.2) is 13.0 Å². The van der Waals surface area contributed by atoms with E-state index in [2.05, 4.69) is 4.74 Å². The second-order valence-corrected chi connectivity index (χ2v) is 7.20. The van der Waals surface area contributed by atoms with Crippen LogP contribution in [0.5, 0.6) is 11.5 Å². The third-order valence-corrected chi connectivity index (χ3v) is 5.35. The summed E-state index contributed by atoms with van der Waals surface area (Å²) >= 11 is 0. The van der Waals surface area contributed by atoms with E-state index in [0.29, 0.717) is 18.3 Å². The van der Waals surface area contributed by atoms with Gasteiger partial charge in [0, 0.05) is 0 Å². The zero-order valence-corrected chi connectivity index (χ0v) is 14.2. The molecular formula is C19H24F4O2. The van der Waals surface area contributed by atoms with Crippen molar-refractivity contribution >= 4 is 0 Å². The van der Waals surface area contributed by atoms with Crippen LogP contribution in [-0.2, 0) is 6.42 Å². The lowest BCUT2D eigenvalue weighted by molar-refractivity contribution is -0.276. The fraction of sp³-hybridized carbons (Fsp3) is 0.684. The van der Waals surface area contributed by atoms with E-state index in [-0.39, 0.29) is 17.9 Å². The summed E-state index contributed by atoms with van der Waals surface area (Å²) in [6.07, 6.45) is 4.01. The molecule has 25 heavy (non-hydrogen) atoms. The van der Waals surface area contributed by atoms with Crippen molar-refractivity contribution in [2.24, 2.45) is 11.8 Å². The molecule has 0 aliphatic heterocycles. The van der Waals surface area contributed by atoms with Crippen LogP contribution in [0.1, 0.15) is 56.9 Å². The van der Waals surface area contributed by atoms with Gasteiger partial charge in [0.05, 0.1) is 6.61 Å². The van der Waals surface area contributed by atoms with Crippen molar-refractivity contribution in [2.75, 3.05) is 6.61 Å². The molecule has 0 bridgehead atoms. The Morgan fingerprint density at radius 1 is 0.960 bits per heavy atom. The monoisotopic (exact) mass is 360 g/mol. The highest BCUT2D eigenvalue weighted by Gasteiger charge is 2.35. The maximum Gasteiger partial charge on any atom is 0.573 e. The van der Waals surface area contributed by atoms with Gasteiger partial charge in [-0.15, -0.1) is 13.2 Å². The third kappa shape index (κ3) is 5.02. The second kappa shape index (κ2) is 7.83. The van der Waals surface area contributed by atoms with Gasteiger partial charge in [-0.3, -0.25) is 0 Å². The molecule has 2 saturated carbocycles. The Hall–Kier alpha value is -1.46. The van der Waals surface area contributed by atoms with E-state index in [1.165, 1.54) is 25.0 Å². The van der Waals surface area contributed by atoms with Crippen molar-refractivity contribution in [3.63, 3.8) is 0 Å². The van der Waals surface area contributed by atoms with Gasteiger partial charge in [-0.2, -0.15) is 0 Å². The highest BCUT2D eigenvalue weighted by Crippen LogP contribution is 2.39. The number of alkyl halides is 3. The molecule has 140 valence electrons. The maximum atomic E-state index is 14.6. The van der Waals surface area contributed by atoms with E-state index in [4.69, 9.17) is 4.74 Å². The van der Waals surface area contributed by atoms with Gasteiger partial charge in [0.2, 0.25) is 5.75 Å². The predicted molar refractivity (Wildman–Crippen MR) is 86.2 cm³/mol. The number of ether oxygens (including phenoxy) is 2. The summed E-state index contributed by atoms with van der Waals surface area (Å²) in [6.45, 7) is 0.278. The number of halogens is 4. The van der Waals surface area contributed by atoms with Gasteiger partial charge in [0.1, 0.15) is 0 Å². The second-order valence-electron chi connectivity index (χ2n) is 7.20. The van der Waals surface area contributed by atoms with Crippen LogP contribution in [0.4, 0.5) is 17.6 Å². The largest absolute Gasteiger partial charge is 0.573 e. The van der Waals surface area contributed by atoms with E-state index >= 15 is 0 Å². The summed E-state index contributed by atoms with van der Waals surface area (Å²) in [5, 5.41) is 0. The minimum atomic E-state index is -4.94. The lowest BCUT2D eigenvalue weighted by Gasteiger charge is -2.26. The number of hydrogen-bond donors (Lipinski definition) is 0.